The molecule has 0 fully saturated rings. The average Bonchev–Trinajstić information content (AvgIpc) is 2.45. The summed E-state index contributed by atoms with van der Waals surface area (Å²) >= 11 is 0. The molecule has 0 aliphatic carbocycles. The molecule has 4 nitrogen and oxygen atoms in total. The first kappa shape index (κ1) is 14.7. The molecule has 0 bridgehead atoms. The van der Waals surface area contributed by atoms with Gasteiger partial charge < -0.3 is 15.5 Å². The predicted octanol–water partition coefficient (Wildman–Crippen LogP) is 2.14. The highest BCUT2D eigenvalue weighted by molar-refractivity contribution is 5.79. The van der Waals surface area contributed by atoms with Gasteiger partial charge in [-0.25, -0.2) is 4.99 Å². The van der Waals surface area contributed by atoms with E-state index >= 15 is 0 Å². The third kappa shape index (κ3) is 3.65. The fourth-order valence-corrected chi connectivity index (χ4v) is 2.62. The van der Waals surface area contributed by atoms with Crippen molar-refractivity contribution < 1.29 is 0 Å². The minimum Gasteiger partial charge on any atom is -0.374 e. The third-order valence-electron chi connectivity index (χ3n) is 3.60. The Balaban J connectivity index is 2.08. The number of hydrogen-bond donors (Lipinski definition) is 2. The van der Waals surface area contributed by atoms with Gasteiger partial charge in [0.2, 0.25) is 0 Å². The van der Waals surface area contributed by atoms with Crippen molar-refractivity contribution in [2.75, 3.05) is 31.6 Å². The summed E-state index contributed by atoms with van der Waals surface area (Å²) in [6.07, 6.45) is 2.43. The predicted molar refractivity (Wildman–Crippen MR) is 86.5 cm³/mol. The maximum atomic E-state index is 4.62. The van der Waals surface area contributed by atoms with E-state index in [1.807, 2.05) is 0 Å². The number of benzene rings is 1. The zero-order chi connectivity index (χ0) is 14.4. The van der Waals surface area contributed by atoms with E-state index in [0.29, 0.717) is 0 Å². The van der Waals surface area contributed by atoms with Gasteiger partial charge in [-0.1, -0.05) is 12.1 Å². The van der Waals surface area contributed by atoms with Gasteiger partial charge in [-0.15, -0.1) is 0 Å². The zero-order valence-electron chi connectivity index (χ0n) is 12.9. The molecule has 1 aromatic carbocycles. The highest BCUT2D eigenvalue weighted by Crippen LogP contribution is 2.26. The van der Waals surface area contributed by atoms with Crippen LogP contribution in [-0.4, -0.2) is 32.6 Å². The van der Waals surface area contributed by atoms with Crippen LogP contribution in [0.4, 0.5) is 5.69 Å². The van der Waals surface area contributed by atoms with Crippen molar-refractivity contribution in [3.8, 4) is 0 Å². The van der Waals surface area contributed by atoms with Gasteiger partial charge in [0.25, 0.3) is 0 Å². The molecule has 1 aromatic rings. The molecule has 0 saturated carbocycles. The standard InChI is InChI=1S/C16H26N4/c1-4-17-16(18-5-2)19-12-13-8-9-15-14(11-13)7-6-10-20(15)3/h8-9,11H,4-7,10,12H2,1-3H3,(H2,17,18,19). The van der Waals surface area contributed by atoms with Crippen LogP contribution >= 0.6 is 0 Å². The van der Waals surface area contributed by atoms with Crippen LogP contribution in [0.2, 0.25) is 0 Å². The summed E-state index contributed by atoms with van der Waals surface area (Å²) in [6, 6.07) is 6.74. The molecular formula is C16H26N4. The van der Waals surface area contributed by atoms with Gasteiger partial charge >= 0.3 is 0 Å². The summed E-state index contributed by atoms with van der Waals surface area (Å²) in [5.41, 5.74) is 4.12. The molecule has 4 heteroatoms. The zero-order valence-corrected chi connectivity index (χ0v) is 12.9. The van der Waals surface area contributed by atoms with Crippen molar-refractivity contribution in [2.45, 2.75) is 33.2 Å². The maximum Gasteiger partial charge on any atom is 0.191 e. The molecule has 1 aliphatic heterocycles. The minimum atomic E-state index is 0.728. The lowest BCUT2D eigenvalue weighted by atomic mass is 10.00. The number of guanidine groups is 1. The molecule has 110 valence electrons. The molecule has 1 heterocycles. The normalized spacial score (nSPS) is 13.7. The molecule has 1 aliphatic rings. The Morgan fingerprint density at radius 1 is 1.25 bits per heavy atom. The molecule has 20 heavy (non-hydrogen) atoms. The Labute approximate surface area is 122 Å². The van der Waals surface area contributed by atoms with E-state index in [9.17, 15) is 0 Å². The smallest absolute Gasteiger partial charge is 0.191 e. The highest BCUT2D eigenvalue weighted by atomic mass is 15.2. The number of anilines is 1. The summed E-state index contributed by atoms with van der Waals surface area (Å²) in [7, 11) is 2.17. The number of aryl methyl sites for hydroxylation is 1. The number of hydrogen-bond acceptors (Lipinski definition) is 2. The first-order valence-corrected chi connectivity index (χ1v) is 7.59. The van der Waals surface area contributed by atoms with Gasteiger partial charge in [0.15, 0.2) is 5.96 Å². The first-order valence-electron chi connectivity index (χ1n) is 7.59. The van der Waals surface area contributed by atoms with Crippen molar-refractivity contribution >= 4 is 11.6 Å². The Kier molecular flexibility index (Phi) is 5.27. The van der Waals surface area contributed by atoms with Gasteiger partial charge in [-0.2, -0.15) is 0 Å². The van der Waals surface area contributed by atoms with Crippen LogP contribution in [0.5, 0.6) is 0 Å². The Hall–Kier alpha value is -1.71. The van der Waals surface area contributed by atoms with Crippen LogP contribution in [0.25, 0.3) is 0 Å². The van der Waals surface area contributed by atoms with Gasteiger partial charge in [-0.3, -0.25) is 0 Å². The van der Waals surface area contributed by atoms with Gasteiger partial charge in [0.1, 0.15) is 0 Å². The number of rotatable bonds is 4. The van der Waals surface area contributed by atoms with Crippen LogP contribution in [-0.2, 0) is 13.0 Å². The largest absolute Gasteiger partial charge is 0.374 e. The van der Waals surface area contributed by atoms with Crippen molar-refractivity contribution in [2.24, 2.45) is 4.99 Å². The number of aliphatic imine (C=N–C) groups is 1. The van der Waals surface area contributed by atoms with E-state index in [1.165, 1.54) is 29.7 Å². The van der Waals surface area contributed by atoms with Gasteiger partial charge in [-0.05, 0) is 43.9 Å². The second-order valence-corrected chi connectivity index (χ2v) is 5.21. The minimum absolute atomic E-state index is 0.728. The molecule has 0 amide bonds. The monoisotopic (exact) mass is 274 g/mol. The second kappa shape index (κ2) is 7.17. The molecule has 0 saturated heterocycles. The quantitative estimate of drug-likeness (QED) is 0.653. The van der Waals surface area contributed by atoms with Crippen molar-refractivity contribution in [1.29, 1.82) is 0 Å². The SMILES string of the molecule is CCNC(=NCc1ccc2c(c1)CCCN2C)NCC. The van der Waals surface area contributed by atoms with Crippen LogP contribution < -0.4 is 15.5 Å². The molecule has 0 atom stereocenters. The number of nitrogens with zero attached hydrogens (tertiary/aromatic N) is 2. The van der Waals surface area contributed by atoms with Crippen LogP contribution in [0.15, 0.2) is 23.2 Å². The fourth-order valence-electron chi connectivity index (χ4n) is 2.62. The lowest BCUT2D eigenvalue weighted by molar-refractivity contribution is 0.742. The van der Waals surface area contributed by atoms with Crippen molar-refractivity contribution in [3.05, 3.63) is 29.3 Å². The third-order valence-corrected chi connectivity index (χ3v) is 3.60. The highest BCUT2D eigenvalue weighted by Gasteiger charge is 2.13. The van der Waals surface area contributed by atoms with Crippen LogP contribution in [0.3, 0.4) is 0 Å². The Morgan fingerprint density at radius 2 is 2.00 bits per heavy atom. The summed E-state index contributed by atoms with van der Waals surface area (Å²) in [4.78, 5) is 6.96. The lowest BCUT2D eigenvalue weighted by Gasteiger charge is -2.27. The van der Waals surface area contributed by atoms with Gasteiger partial charge in [0, 0.05) is 32.4 Å². The molecule has 0 spiro atoms. The van der Waals surface area contributed by atoms with E-state index in [-0.39, 0.29) is 0 Å². The maximum absolute atomic E-state index is 4.62. The molecule has 2 rings (SSSR count). The van der Waals surface area contributed by atoms with E-state index in [0.717, 1.165) is 32.1 Å². The van der Waals surface area contributed by atoms with Crippen LogP contribution in [0, 0.1) is 0 Å². The molecule has 0 aromatic heterocycles. The van der Waals surface area contributed by atoms with E-state index in [2.05, 4.69) is 59.6 Å². The Morgan fingerprint density at radius 3 is 2.70 bits per heavy atom. The summed E-state index contributed by atoms with van der Waals surface area (Å²) in [6.45, 7) is 7.84. The van der Waals surface area contributed by atoms with Crippen LogP contribution in [0.1, 0.15) is 31.4 Å². The van der Waals surface area contributed by atoms with E-state index in [4.69, 9.17) is 0 Å². The summed E-state index contributed by atoms with van der Waals surface area (Å²) in [5.74, 6) is 0.893. The molecule has 0 unspecified atom stereocenters. The van der Waals surface area contributed by atoms with Gasteiger partial charge in [0.05, 0.1) is 6.54 Å². The van der Waals surface area contributed by atoms with Crippen molar-refractivity contribution in [3.63, 3.8) is 0 Å². The number of fused-ring (bicyclic) bond motifs is 1. The topological polar surface area (TPSA) is 39.7 Å². The molecule has 2 N–H and O–H groups in total. The second-order valence-electron chi connectivity index (χ2n) is 5.21. The lowest BCUT2D eigenvalue weighted by Crippen LogP contribution is -2.36. The number of nitrogens with one attached hydrogen (secondary N) is 2. The summed E-state index contributed by atoms with van der Waals surface area (Å²) < 4.78 is 0. The summed E-state index contributed by atoms with van der Waals surface area (Å²) in [5, 5.41) is 6.51. The average molecular weight is 274 g/mol. The fraction of sp³-hybridized carbons (Fsp3) is 0.562. The van der Waals surface area contributed by atoms with E-state index in [1.54, 1.807) is 0 Å². The molecular weight excluding hydrogens is 248 g/mol. The first-order chi connectivity index (χ1) is 9.74. The van der Waals surface area contributed by atoms with Crippen molar-refractivity contribution in [1.82, 2.24) is 10.6 Å². The molecule has 0 radical (unpaired) electrons. The van der Waals surface area contributed by atoms with E-state index < -0.39 is 0 Å². The Bertz CT molecular complexity index is 460.